The Morgan fingerprint density at radius 2 is 0.892 bits per heavy atom. The maximum Gasteiger partial charge on any atom is 0.397 e. The molecule has 0 saturated carbocycles. The SMILES string of the molecule is CCCCCCC/C=C\C/C=C\C/C=C\CCCCCCCCCCCCC(=O)OC(COCCCCCCCCCCCC/C=C\C/C=C\CCCCCCC)COC1OC(CO)C(O)C(OS(=O)(=O)O)C1O. The van der Waals surface area contributed by atoms with Crippen LogP contribution in [0.2, 0.25) is 0 Å². The van der Waals surface area contributed by atoms with Crippen LogP contribution in [0.15, 0.2) is 60.8 Å². The van der Waals surface area contributed by atoms with Crippen LogP contribution in [0.5, 0.6) is 0 Å². The van der Waals surface area contributed by atoms with Gasteiger partial charge >= 0.3 is 16.4 Å². The average Bonchev–Trinajstić information content (AvgIpc) is 3.38. The van der Waals surface area contributed by atoms with Gasteiger partial charge in [0.15, 0.2) is 6.29 Å². The van der Waals surface area contributed by atoms with E-state index in [1.54, 1.807) is 0 Å². The molecule has 1 fully saturated rings. The van der Waals surface area contributed by atoms with Gasteiger partial charge in [0.25, 0.3) is 0 Å². The Labute approximate surface area is 452 Å². The molecule has 0 bridgehead atoms. The molecule has 12 nitrogen and oxygen atoms in total. The summed E-state index contributed by atoms with van der Waals surface area (Å²) in [6, 6.07) is 0. The number of hydrogen-bond donors (Lipinski definition) is 4. The molecular weight excluding hydrogens is 957 g/mol. The molecule has 0 aromatic heterocycles. The number of ether oxygens (including phenoxy) is 4. The van der Waals surface area contributed by atoms with Crippen molar-refractivity contribution in [2.24, 2.45) is 0 Å². The number of allylic oxidation sites excluding steroid dienone is 10. The summed E-state index contributed by atoms with van der Waals surface area (Å²) in [6.07, 6.45) is 58.2. The van der Waals surface area contributed by atoms with Crippen LogP contribution in [0.3, 0.4) is 0 Å². The van der Waals surface area contributed by atoms with Crippen LogP contribution < -0.4 is 0 Å². The van der Waals surface area contributed by atoms with Gasteiger partial charge < -0.3 is 34.3 Å². The molecule has 4 N–H and O–H groups in total. The molecule has 13 heteroatoms. The number of esters is 1. The van der Waals surface area contributed by atoms with Gasteiger partial charge in [-0.25, -0.2) is 4.18 Å². The lowest BCUT2D eigenvalue weighted by Gasteiger charge is -2.41. The number of aliphatic hydroxyl groups excluding tert-OH is 3. The van der Waals surface area contributed by atoms with Gasteiger partial charge in [-0.05, 0) is 83.5 Å². The van der Waals surface area contributed by atoms with Crippen molar-refractivity contribution in [2.45, 2.75) is 295 Å². The highest BCUT2D eigenvalue weighted by molar-refractivity contribution is 7.80. The number of unbranched alkanes of at least 4 members (excludes halogenated alkanes) is 30. The fourth-order valence-corrected chi connectivity index (χ4v) is 9.57. The van der Waals surface area contributed by atoms with E-state index in [1.165, 1.54) is 167 Å². The highest BCUT2D eigenvalue weighted by Gasteiger charge is 2.48. The Balaban J connectivity index is 2.29. The average molecular weight is 1070 g/mol. The van der Waals surface area contributed by atoms with Gasteiger partial charge in [-0.2, -0.15) is 8.42 Å². The second-order valence-electron chi connectivity index (χ2n) is 20.6. The minimum absolute atomic E-state index is 0.0313. The minimum Gasteiger partial charge on any atom is -0.457 e. The molecule has 1 rings (SSSR count). The molecule has 0 spiro atoms. The molecule has 0 radical (unpaired) electrons. The van der Waals surface area contributed by atoms with Crippen LogP contribution in [-0.2, 0) is 38.3 Å². The van der Waals surface area contributed by atoms with Gasteiger partial charge in [0.05, 0.1) is 19.8 Å². The van der Waals surface area contributed by atoms with Crippen LogP contribution in [0.25, 0.3) is 0 Å². The van der Waals surface area contributed by atoms with Gasteiger partial charge in [0, 0.05) is 13.0 Å². The fourth-order valence-electron chi connectivity index (χ4n) is 9.07. The number of carbonyl (C=O) groups excluding carboxylic acids is 1. The van der Waals surface area contributed by atoms with Crippen LogP contribution in [-0.4, -0.2) is 97.5 Å². The summed E-state index contributed by atoms with van der Waals surface area (Å²) in [6.45, 7) is 3.99. The first-order valence-corrected chi connectivity index (χ1v) is 31.4. The van der Waals surface area contributed by atoms with Crippen molar-refractivity contribution >= 4 is 16.4 Å². The molecule has 0 aromatic carbocycles. The third-order valence-electron chi connectivity index (χ3n) is 13.6. The first-order valence-electron chi connectivity index (χ1n) is 30.0. The van der Waals surface area contributed by atoms with Crippen molar-refractivity contribution < 1.29 is 56.2 Å². The van der Waals surface area contributed by atoms with E-state index in [0.29, 0.717) is 13.0 Å². The molecule has 6 atom stereocenters. The Morgan fingerprint density at radius 1 is 0.514 bits per heavy atom. The van der Waals surface area contributed by atoms with Crippen molar-refractivity contribution in [2.75, 3.05) is 26.4 Å². The lowest BCUT2D eigenvalue weighted by atomic mass is 9.99. The van der Waals surface area contributed by atoms with Crippen molar-refractivity contribution in [1.29, 1.82) is 0 Å². The lowest BCUT2D eigenvalue weighted by molar-refractivity contribution is -0.301. The standard InChI is InChI=1S/C61H110O12S/c1-3-5-7-9-11-13-15-17-19-21-23-25-27-28-29-30-32-34-36-38-40-42-44-46-48-50-57(63)71-55(54-70-61-59(65)60(73-74(66,67)68)58(64)56(52-62)72-61)53-69-51-49-47-45-43-41-39-37-35-33-31-26-24-22-20-18-16-14-12-10-8-6-4-2/h15-18,21-24,27-28,55-56,58-62,64-65H,3-14,19-20,25-26,29-54H2,1-2H3,(H,66,67,68)/b17-15-,18-16-,23-21-,24-22-,28-27-. The summed E-state index contributed by atoms with van der Waals surface area (Å²) >= 11 is 0. The highest BCUT2D eigenvalue weighted by atomic mass is 32.3. The summed E-state index contributed by atoms with van der Waals surface area (Å²) in [7, 11) is -5.07. The largest absolute Gasteiger partial charge is 0.457 e. The van der Waals surface area contributed by atoms with Crippen LogP contribution in [0.1, 0.15) is 258 Å². The maximum atomic E-state index is 13.0. The normalized spacial score (nSPS) is 19.1. The Kier molecular flexibility index (Phi) is 48.6. The second-order valence-corrected chi connectivity index (χ2v) is 21.6. The van der Waals surface area contributed by atoms with Crippen LogP contribution in [0, 0.1) is 0 Å². The minimum atomic E-state index is -5.07. The molecule has 1 aliphatic rings. The molecule has 74 heavy (non-hydrogen) atoms. The van der Waals surface area contributed by atoms with E-state index in [1.807, 2.05) is 0 Å². The van der Waals surface area contributed by atoms with Crippen molar-refractivity contribution in [1.82, 2.24) is 0 Å². The van der Waals surface area contributed by atoms with Crippen molar-refractivity contribution in [3.8, 4) is 0 Å². The van der Waals surface area contributed by atoms with Gasteiger partial charge in [0.2, 0.25) is 0 Å². The second kappa shape index (κ2) is 51.6. The molecule has 0 aromatic rings. The maximum absolute atomic E-state index is 13.0. The monoisotopic (exact) mass is 1070 g/mol. The first kappa shape index (κ1) is 69.8. The summed E-state index contributed by atoms with van der Waals surface area (Å²) < 4.78 is 59.5. The third kappa shape index (κ3) is 43.9. The van der Waals surface area contributed by atoms with E-state index in [0.717, 1.165) is 64.2 Å². The number of aliphatic hydroxyl groups is 3. The Bertz CT molecular complexity index is 1510. The molecule has 432 valence electrons. The zero-order chi connectivity index (χ0) is 53.8. The van der Waals surface area contributed by atoms with Gasteiger partial charge in [-0.15, -0.1) is 0 Å². The Hall–Kier alpha value is -2.20. The third-order valence-corrected chi connectivity index (χ3v) is 14.1. The lowest BCUT2D eigenvalue weighted by Crippen LogP contribution is -2.60. The molecule has 1 heterocycles. The van der Waals surface area contributed by atoms with E-state index >= 15 is 0 Å². The number of carbonyl (C=O) groups is 1. The van der Waals surface area contributed by atoms with Crippen LogP contribution in [0.4, 0.5) is 0 Å². The first-order chi connectivity index (χ1) is 36.1. The van der Waals surface area contributed by atoms with Gasteiger partial charge in [0.1, 0.15) is 30.5 Å². The van der Waals surface area contributed by atoms with Gasteiger partial charge in [-0.1, -0.05) is 229 Å². The predicted octanol–water partition coefficient (Wildman–Crippen LogP) is 15.2. The molecule has 0 amide bonds. The van der Waals surface area contributed by atoms with Gasteiger partial charge in [-0.3, -0.25) is 9.35 Å². The smallest absolute Gasteiger partial charge is 0.397 e. The molecule has 1 aliphatic heterocycles. The van der Waals surface area contributed by atoms with E-state index < -0.39 is 59.8 Å². The number of hydrogen-bond acceptors (Lipinski definition) is 11. The highest BCUT2D eigenvalue weighted by Crippen LogP contribution is 2.26. The zero-order valence-corrected chi connectivity index (χ0v) is 47.7. The van der Waals surface area contributed by atoms with E-state index in [-0.39, 0.29) is 19.6 Å². The van der Waals surface area contributed by atoms with Crippen molar-refractivity contribution in [3.63, 3.8) is 0 Å². The summed E-state index contributed by atoms with van der Waals surface area (Å²) in [5.74, 6) is -0.403. The fraction of sp³-hybridized carbons (Fsp3) is 0.820. The van der Waals surface area contributed by atoms with E-state index in [2.05, 4.69) is 78.8 Å². The predicted molar refractivity (Wildman–Crippen MR) is 303 cm³/mol. The summed E-state index contributed by atoms with van der Waals surface area (Å²) in [5.41, 5.74) is 0. The number of rotatable bonds is 53. The Morgan fingerprint density at radius 3 is 1.30 bits per heavy atom. The van der Waals surface area contributed by atoms with E-state index in [4.69, 9.17) is 18.9 Å². The van der Waals surface area contributed by atoms with Crippen LogP contribution >= 0.6 is 0 Å². The molecule has 1 saturated heterocycles. The summed E-state index contributed by atoms with van der Waals surface area (Å²) in [5, 5.41) is 30.9. The quantitative estimate of drug-likeness (QED) is 0.0196. The molecular formula is C61H110O12S. The van der Waals surface area contributed by atoms with Crippen molar-refractivity contribution in [3.05, 3.63) is 60.8 Å². The molecule has 6 unspecified atom stereocenters. The summed E-state index contributed by atoms with van der Waals surface area (Å²) in [4.78, 5) is 13.0. The topological polar surface area (TPSA) is 178 Å². The molecule has 0 aliphatic carbocycles. The van der Waals surface area contributed by atoms with E-state index in [9.17, 15) is 33.1 Å². The zero-order valence-electron chi connectivity index (χ0n) is 46.9.